The molecule has 2 saturated heterocycles. The van der Waals surface area contributed by atoms with Gasteiger partial charge in [0.1, 0.15) is 24.4 Å². The van der Waals surface area contributed by atoms with Crippen molar-refractivity contribution in [2.24, 2.45) is 0 Å². The molecule has 2 aliphatic rings. The molecule has 0 radical (unpaired) electrons. The zero-order valence-corrected chi connectivity index (χ0v) is 25.8. The first-order valence-electron chi connectivity index (χ1n) is 14.7. The molecule has 0 spiro atoms. The van der Waals surface area contributed by atoms with Gasteiger partial charge < -0.3 is 38.1 Å². The standard InChI is InChI=1S/C32H42N2O10/c1-5-39-25-11-7-9-13-27(25)41-23-31(37-3)17-19-33(21-31)43-29(35)15-16-30(36)44-34-20-18-32(22-34,38-4)24-42-28-14-10-8-12-26(28)40-6-2/h7-16H,5-6,17-24H2,1-4H3/b16-15+. The van der Waals surface area contributed by atoms with Crippen molar-refractivity contribution < 1.29 is 47.7 Å². The summed E-state index contributed by atoms with van der Waals surface area (Å²) in [5, 5.41) is 2.99. The van der Waals surface area contributed by atoms with Crippen LogP contribution in [0.4, 0.5) is 0 Å². The molecule has 0 aromatic heterocycles. The molecule has 2 fully saturated rings. The predicted molar refractivity (Wildman–Crippen MR) is 159 cm³/mol. The Hall–Kier alpha value is -3.84. The lowest BCUT2D eigenvalue weighted by atomic mass is 10.1. The van der Waals surface area contributed by atoms with E-state index in [1.807, 2.05) is 62.4 Å². The lowest BCUT2D eigenvalue weighted by Gasteiger charge is -2.27. The summed E-state index contributed by atoms with van der Waals surface area (Å²) in [6.45, 7) is 6.83. The Labute approximate surface area is 258 Å². The summed E-state index contributed by atoms with van der Waals surface area (Å²) in [4.78, 5) is 35.8. The van der Waals surface area contributed by atoms with Crippen LogP contribution in [0.1, 0.15) is 26.7 Å². The number of carbonyl (C=O) groups excluding carboxylic acids is 2. The number of nitrogens with zero attached hydrogens (tertiary/aromatic N) is 2. The fourth-order valence-corrected chi connectivity index (χ4v) is 5.02. The van der Waals surface area contributed by atoms with Gasteiger partial charge >= 0.3 is 11.9 Å². The van der Waals surface area contributed by atoms with E-state index in [4.69, 9.17) is 38.1 Å². The molecule has 2 aromatic carbocycles. The highest BCUT2D eigenvalue weighted by molar-refractivity contribution is 5.91. The number of benzene rings is 2. The van der Waals surface area contributed by atoms with Crippen LogP contribution in [0.5, 0.6) is 23.0 Å². The van der Waals surface area contributed by atoms with Crippen molar-refractivity contribution in [3.8, 4) is 23.0 Å². The molecule has 2 aromatic rings. The van der Waals surface area contributed by atoms with Crippen LogP contribution >= 0.6 is 0 Å². The van der Waals surface area contributed by atoms with Crippen molar-refractivity contribution in [1.82, 2.24) is 10.1 Å². The maximum Gasteiger partial charge on any atom is 0.349 e. The Morgan fingerprint density at radius 2 is 1.02 bits per heavy atom. The Balaban J connectivity index is 1.22. The van der Waals surface area contributed by atoms with Crippen LogP contribution in [0.15, 0.2) is 60.7 Å². The van der Waals surface area contributed by atoms with Crippen LogP contribution in [-0.4, -0.2) is 100 Å². The van der Waals surface area contributed by atoms with Crippen molar-refractivity contribution in [3.05, 3.63) is 60.7 Å². The Morgan fingerprint density at radius 3 is 1.36 bits per heavy atom. The van der Waals surface area contributed by atoms with E-state index in [0.717, 1.165) is 12.2 Å². The summed E-state index contributed by atoms with van der Waals surface area (Å²) in [7, 11) is 3.20. The summed E-state index contributed by atoms with van der Waals surface area (Å²) in [5.74, 6) is 1.12. The SMILES string of the molecule is CCOc1ccccc1OCC1(OC)CCN(OC(=O)/C=C/C(=O)ON2CCC(COc3ccccc3OCC)(OC)C2)C1. The van der Waals surface area contributed by atoms with Gasteiger partial charge in [-0.2, -0.15) is 0 Å². The van der Waals surface area contributed by atoms with E-state index < -0.39 is 23.1 Å². The second-order valence-electron chi connectivity index (χ2n) is 10.5. The first kappa shape index (κ1) is 33.1. The van der Waals surface area contributed by atoms with Crippen LogP contribution in [0.25, 0.3) is 0 Å². The van der Waals surface area contributed by atoms with Gasteiger partial charge in [-0.3, -0.25) is 0 Å². The molecule has 2 atom stereocenters. The Kier molecular flexibility index (Phi) is 11.8. The van der Waals surface area contributed by atoms with E-state index in [1.54, 1.807) is 14.2 Å². The van der Waals surface area contributed by atoms with Gasteiger partial charge in [-0.15, -0.1) is 10.1 Å². The normalized spacial score (nSPS) is 22.2. The van der Waals surface area contributed by atoms with Crippen LogP contribution < -0.4 is 18.9 Å². The second kappa shape index (κ2) is 15.8. The monoisotopic (exact) mass is 614 g/mol. The van der Waals surface area contributed by atoms with Crippen molar-refractivity contribution in [2.45, 2.75) is 37.9 Å². The molecule has 2 unspecified atom stereocenters. The summed E-state index contributed by atoms with van der Waals surface area (Å²) < 4.78 is 34.8. The number of hydrogen-bond acceptors (Lipinski definition) is 12. The summed E-state index contributed by atoms with van der Waals surface area (Å²) >= 11 is 0. The average Bonchev–Trinajstić information content (AvgIpc) is 3.64. The highest BCUT2D eigenvalue weighted by Gasteiger charge is 2.42. The van der Waals surface area contributed by atoms with Gasteiger partial charge in [-0.25, -0.2) is 9.59 Å². The molecule has 0 aliphatic carbocycles. The summed E-state index contributed by atoms with van der Waals surface area (Å²) in [5.41, 5.74) is -1.36. The van der Waals surface area contributed by atoms with Crippen molar-refractivity contribution in [1.29, 1.82) is 0 Å². The smallest absolute Gasteiger partial charge is 0.349 e. The van der Waals surface area contributed by atoms with Crippen molar-refractivity contribution in [2.75, 3.05) is 66.8 Å². The number of ether oxygens (including phenoxy) is 6. The third-order valence-electron chi connectivity index (χ3n) is 7.50. The molecule has 0 amide bonds. The van der Waals surface area contributed by atoms with E-state index in [1.165, 1.54) is 10.1 Å². The highest BCUT2D eigenvalue weighted by atomic mass is 16.7. The lowest BCUT2D eigenvalue weighted by molar-refractivity contribution is -0.186. The average molecular weight is 615 g/mol. The molecule has 12 nitrogen and oxygen atoms in total. The van der Waals surface area contributed by atoms with Gasteiger partial charge in [0.2, 0.25) is 0 Å². The zero-order chi connectivity index (χ0) is 31.4. The number of hydroxylamine groups is 4. The predicted octanol–water partition coefficient (Wildman–Crippen LogP) is 3.60. The topological polar surface area (TPSA) is 114 Å². The van der Waals surface area contributed by atoms with Gasteiger partial charge in [0, 0.05) is 39.5 Å². The molecule has 2 heterocycles. The first-order valence-corrected chi connectivity index (χ1v) is 14.7. The van der Waals surface area contributed by atoms with Crippen LogP contribution in [0, 0.1) is 0 Å². The molecule has 4 rings (SSSR count). The minimum absolute atomic E-state index is 0.243. The Bertz CT molecular complexity index is 1180. The third-order valence-corrected chi connectivity index (χ3v) is 7.50. The van der Waals surface area contributed by atoms with E-state index in [0.29, 0.717) is 75.2 Å². The third kappa shape index (κ3) is 8.85. The molecule has 2 aliphatic heterocycles. The van der Waals surface area contributed by atoms with E-state index in [9.17, 15) is 9.59 Å². The van der Waals surface area contributed by atoms with E-state index in [2.05, 4.69) is 0 Å². The molecule has 0 bridgehead atoms. The minimum Gasteiger partial charge on any atom is -0.490 e. The Morgan fingerprint density at radius 1 is 0.659 bits per heavy atom. The van der Waals surface area contributed by atoms with Crippen LogP contribution in [0.2, 0.25) is 0 Å². The van der Waals surface area contributed by atoms with Gasteiger partial charge in [0.15, 0.2) is 23.0 Å². The molecule has 12 heteroatoms. The number of rotatable bonds is 16. The molecule has 240 valence electrons. The van der Waals surface area contributed by atoms with Gasteiger partial charge in [0.05, 0.1) is 26.3 Å². The zero-order valence-electron chi connectivity index (χ0n) is 25.8. The van der Waals surface area contributed by atoms with Crippen LogP contribution in [-0.2, 0) is 28.7 Å². The van der Waals surface area contributed by atoms with Crippen molar-refractivity contribution >= 4 is 11.9 Å². The molecule has 44 heavy (non-hydrogen) atoms. The van der Waals surface area contributed by atoms with Crippen LogP contribution in [0.3, 0.4) is 0 Å². The quantitative estimate of drug-likeness (QED) is 0.258. The molecule has 0 N–H and O–H groups in total. The van der Waals surface area contributed by atoms with Gasteiger partial charge in [0.25, 0.3) is 0 Å². The fourth-order valence-electron chi connectivity index (χ4n) is 5.02. The molecular formula is C32H42N2O10. The summed E-state index contributed by atoms with van der Waals surface area (Å²) in [6, 6.07) is 14.8. The van der Waals surface area contributed by atoms with Gasteiger partial charge in [-0.05, 0) is 51.0 Å². The van der Waals surface area contributed by atoms with E-state index >= 15 is 0 Å². The number of para-hydroxylation sites is 4. The maximum atomic E-state index is 12.5. The molecular weight excluding hydrogens is 572 g/mol. The van der Waals surface area contributed by atoms with Crippen molar-refractivity contribution in [3.63, 3.8) is 0 Å². The second-order valence-corrected chi connectivity index (χ2v) is 10.5. The molecule has 0 saturated carbocycles. The van der Waals surface area contributed by atoms with Gasteiger partial charge in [-0.1, -0.05) is 24.3 Å². The minimum atomic E-state index is -0.703. The largest absolute Gasteiger partial charge is 0.490 e. The lowest BCUT2D eigenvalue weighted by Crippen LogP contribution is -2.41. The van der Waals surface area contributed by atoms with E-state index in [-0.39, 0.29) is 13.2 Å². The summed E-state index contributed by atoms with van der Waals surface area (Å²) in [6.07, 6.45) is 3.24. The maximum absolute atomic E-state index is 12.5. The number of carbonyl (C=O) groups is 2. The highest BCUT2D eigenvalue weighted by Crippen LogP contribution is 2.32. The fraction of sp³-hybridized carbons (Fsp3) is 0.500. The number of hydrogen-bond donors (Lipinski definition) is 0. The first-order chi connectivity index (χ1) is 21.3. The number of methoxy groups -OCH3 is 2.